The number of ether oxygens (including phenoxy) is 1. The van der Waals surface area contributed by atoms with E-state index in [2.05, 4.69) is 0 Å². The Labute approximate surface area is 254 Å². The fourth-order valence-electron chi connectivity index (χ4n) is 4.73. The lowest BCUT2D eigenvalue weighted by molar-refractivity contribution is -0.136. The number of amides is 1. The first-order valence-corrected chi connectivity index (χ1v) is 15.1. The number of rotatable bonds is 10. The lowest BCUT2D eigenvalue weighted by Crippen LogP contribution is -2.30. The van der Waals surface area contributed by atoms with E-state index in [0.717, 1.165) is 11.1 Å². The van der Waals surface area contributed by atoms with E-state index >= 15 is 0 Å². The minimum atomic E-state index is -3.92. The molecule has 9 nitrogen and oxygen atoms in total. The highest BCUT2D eigenvalue weighted by Gasteiger charge is 2.37. The van der Waals surface area contributed by atoms with E-state index in [9.17, 15) is 18.0 Å². The molecule has 4 aromatic rings. The maximum absolute atomic E-state index is 13.7. The van der Waals surface area contributed by atoms with Gasteiger partial charge in [-0.15, -0.1) is 0 Å². The van der Waals surface area contributed by atoms with Crippen molar-refractivity contribution in [3.8, 4) is 0 Å². The quantitative estimate of drug-likeness (QED) is 0.156. The summed E-state index contributed by atoms with van der Waals surface area (Å²) in [5.41, 5.74) is 2.31. The number of allylic oxidation sites excluding steroid dienone is 1. The fraction of sp³-hybridized carbons (Fsp3) is 0.188. The zero-order valence-electron chi connectivity index (χ0n) is 23.7. The Morgan fingerprint density at radius 2 is 1.70 bits per heavy atom. The number of furan rings is 2. The first-order valence-electron chi connectivity index (χ1n) is 13.3. The molecule has 0 spiro atoms. The summed E-state index contributed by atoms with van der Waals surface area (Å²) >= 11 is 6.04. The summed E-state index contributed by atoms with van der Waals surface area (Å²) < 4.78 is 45.1. The van der Waals surface area contributed by atoms with Crippen LogP contribution in [0.5, 0.6) is 0 Å². The monoisotopic (exact) mass is 620 g/mol. The molecular formula is C32H29ClN2O7S. The van der Waals surface area contributed by atoms with Gasteiger partial charge in [-0.25, -0.2) is 13.2 Å². The molecule has 0 unspecified atom stereocenters. The van der Waals surface area contributed by atoms with Gasteiger partial charge in [0.25, 0.3) is 5.91 Å². The summed E-state index contributed by atoms with van der Waals surface area (Å²) in [6.45, 7) is 3.66. The van der Waals surface area contributed by atoms with Crippen molar-refractivity contribution in [3.05, 3.63) is 129 Å². The average molecular weight is 621 g/mol. The lowest BCUT2D eigenvalue weighted by Gasteiger charge is -2.21. The third kappa shape index (κ3) is 6.51. The number of aryl methyl sites for hydroxylation is 1. The molecule has 1 aliphatic rings. The van der Waals surface area contributed by atoms with Gasteiger partial charge in [0.1, 0.15) is 17.3 Å². The van der Waals surface area contributed by atoms with E-state index in [1.807, 2.05) is 6.92 Å². The van der Waals surface area contributed by atoms with Gasteiger partial charge in [0.05, 0.1) is 42.5 Å². The maximum atomic E-state index is 13.7. The van der Waals surface area contributed by atoms with Crippen LogP contribution in [-0.4, -0.2) is 36.6 Å². The fourth-order valence-corrected chi connectivity index (χ4v) is 6.25. The molecule has 0 radical (unpaired) electrons. The summed E-state index contributed by atoms with van der Waals surface area (Å²) in [6, 6.07) is 20.3. The third-order valence-electron chi connectivity index (χ3n) is 7.03. The van der Waals surface area contributed by atoms with Gasteiger partial charge in [0.15, 0.2) is 0 Å². The molecular weight excluding hydrogens is 592 g/mol. The minimum Gasteiger partial charge on any atom is -0.467 e. The molecule has 5 rings (SSSR count). The number of sulfonamides is 1. The van der Waals surface area contributed by atoms with Crippen LogP contribution in [0.4, 0.5) is 0 Å². The Kier molecular flexibility index (Phi) is 8.72. The van der Waals surface area contributed by atoms with Crippen LogP contribution >= 0.6 is 11.6 Å². The van der Waals surface area contributed by atoms with E-state index in [1.165, 1.54) is 28.7 Å². The number of hydrogen-bond donors (Lipinski definition) is 0. The van der Waals surface area contributed by atoms with Crippen molar-refractivity contribution < 1.29 is 31.6 Å². The molecule has 2 aromatic carbocycles. The van der Waals surface area contributed by atoms with Gasteiger partial charge in [-0.2, -0.15) is 4.31 Å². The molecule has 0 aliphatic carbocycles. The number of hydrogen-bond acceptors (Lipinski definition) is 7. The van der Waals surface area contributed by atoms with Gasteiger partial charge in [0, 0.05) is 17.3 Å². The Hall–Kier alpha value is -4.38. The summed E-state index contributed by atoms with van der Waals surface area (Å²) in [4.78, 5) is 27.7. The normalized spacial score (nSPS) is 14.8. The van der Waals surface area contributed by atoms with E-state index in [-0.39, 0.29) is 41.4 Å². The van der Waals surface area contributed by atoms with Crippen LogP contribution in [0.15, 0.2) is 110 Å². The number of esters is 1. The molecule has 2 aromatic heterocycles. The van der Waals surface area contributed by atoms with Crippen LogP contribution in [0.1, 0.15) is 35.3 Å². The molecule has 222 valence electrons. The number of carbonyl (C=O) groups is 2. The number of nitrogens with zero attached hydrogens (tertiary/aromatic N) is 2. The maximum Gasteiger partial charge on any atom is 0.340 e. The summed E-state index contributed by atoms with van der Waals surface area (Å²) in [5, 5.41) is 0.542. The Morgan fingerprint density at radius 1 is 0.977 bits per heavy atom. The van der Waals surface area contributed by atoms with Crippen LogP contribution in [0.25, 0.3) is 6.08 Å². The van der Waals surface area contributed by atoms with E-state index < -0.39 is 21.9 Å². The van der Waals surface area contributed by atoms with Crippen LogP contribution in [0.2, 0.25) is 5.02 Å². The summed E-state index contributed by atoms with van der Waals surface area (Å²) in [6.07, 6.45) is 2.97. The Bertz CT molecular complexity index is 1800. The molecule has 0 atom stereocenters. The smallest absolute Gasteiger partial charge is 0.340 e. The van der Waals surface area contributed by atoms with Crippen molar-refractivity contribution in [2.45, 2.75) is 38.4 Å². The van der Waals surface area contributed by atoms with Crippen molar-refractivity contribution in [1.29, 1.82) is 0 Å². The molecule has 43 heavy (non-hydrogen) atoms. The van der Waals surface area contributed by atoms with Gasteiger partial charge < -0.3 is 18.5 Å². The van der Waals surface area contributed by atoms with Crippen LogP contribution in [0.3, 0.4) is 0 Å². The van der Waals surface area contributed by atoms with Crippen LogP contribution < -0.4 is 0 Å². The zero-order valence-corrected chi connectivity index (χ0v) is 25.3. The average Bonchev–Trinajstić information content (AvgIpc) is 3.72. The van der Waals surface area contributed by atoms with Crippen molar-refractivity contribution in [2.24, 2.45) is 0 Å². The minimum absolute atomic E-state index is 0.0686. The second-order valence-corrected chi connectivity index (χ2v) is 12.4. The molecule has 0 fully saturated rings. The standard InChI is InChI=1S/C32H29ClN2O7S/c1-21-6-14-28(15-7-21)43(38,39)34(18-23-8-10-24(33)11-9-23)19-27-13-12-25(42-27)17-29-30(32(37)40-3)22(2)35(31(29)36)20-26-5-4-16-41-26/h4-17H,18-20H2,1-3H3/b29-17-. The summed E-state index contributed by atoms with van der Waals surface area (Å²) in [5.74, 6) is 0.0815. The first kappa shape index (κ1) is 30.1. The highest BCUT2D eigenvalue weighted by molar-refractivity contribution is 7.89. The molecule has 0 saturated heterocycles. The predicted molar refractivity (Wildman–Crippen MR) is 160 cm³/mol. The Morgan fingerprint density at radius 3 is 2.35 bits per heavy atom. The van der Waals surface area contributed by atoms with Crippen LogP contribution in [-0.2, 0) is 44.0 Å². The third-order valence-corrected chi connectivity index (χ3v) is 9.09. The van der Waals surface area contributed by atoms with Crippen molar-refractivity contribution >= 4 is 39.6 Å². The number of methoxy groups -OCH3 is 1. The van der Waals surface area contributed by atoms with Gasteiger partial charge in [-0.1, -0.05) is 41.4 Å². The lowest BCUT2D eigenvalue weighted by atomic mass is 10.1. The number of halogens is 1. The van der Waals surface area contributed by atoms with Crippen molar-refractivity contribution in [2.75, 3.05) is 7.11 Å². The largest absolute Gasteiger partial charge is 0.467 e. The van der Waals surface area contributed by atoms with Gasteiger partial charge in [0.2, 0.25) is 10.0 Å². The van der Waals surface area contributed by atoms with Gasteiger partial charge in [-0.05, 0) is 74.0 Å². The van der Waals surface area contributed by atoms with Crippen LogP contribution in [0, 0.1) is 6.92 Å². The molecule has 0 saturated carbocycles. The molecule has 0 N–H and O–H groups in total. The molecule has 3 heterocycles. The van der Waals surface area contributed by atoms with Gasteiger partial charge in [-0.3, -0.25) is 4.79 Å². The topological polar surface area (TPSA) is 110 Å². The molecule has 11 heteroatoms. The molecule has 0 bridgehead atoms. The second kappa shape index (κ2) is 12.5. The Balaban J connectivity index is 1.45. The van der Waals surface area contributed by atoms with Crippen molar-refractivity contribution in [3.63, 3.8) is 0 Å². The van der Waals surface area contributed by atoms with Gasteiger partial charge >= 0.3 is 5.97 Å². The van der Waals surface area contributed by atoms with E-state index in [0.29, 0.717) is 22.2 Å². The van der Waals surface area contributed by atoms with E-state index in [1.54, 1.807) is 79.7 Å². The SMILES string of the molecule is COC(=O)C1=C(C)N(Cc2ccco2)C(=O)/C1=C\c1ccc(CN(Cc2ccc(Cl)cc2)S(=O)(=O)c2ccc(C)cc2)o1. The zero-order chi connectivity index (χ0) is 30.7. The molecule has 1 aliphatic heterocycles. The van der Waals surface area contributed by atoms with Crippen molar-refractivity contribution in [1.82, 2.24) is 9.21 Å². The number of carbonyl (C=O) groups excluding carboxylic acids is 2. The first-order chi connectivity index (χ1) is 20.6. The second-order valence-electron chi connectivity index (χ2n) is 10.00. The summed E-state index contributed by atoms with van der Waals surface area (Å²) in [7, 11) is -2.68. The van der Waals surface area contributed by atoms with E-state index in [4.69, 9.17) is 25.2 Å². The number of benzene rings is 2. The predicted octanol–water partition coefficient (Wildman–Crippen LogP) is 6.10. The highest BCUT2D eigenvalue weighted by atomic mass is 35.5. The highest BCUT2D eigenvalue weighted by Crippen LogP contribution is 2.33. The molecule has 1 amide bonds.